The summed E-state index contributed by atoms with van der Waals surface area (Å²) in [7, 11) is 0. The van der Waals surface area contributed by atoms with Crippen LogP contribution in [0.5, 0.6) is 0 Å². The topological polar surface area (TPSA) is 15.3 Å². The maximum Gasteiger partial charge on any atom is 0.00360 e. The summed E-state index contributed by atoms with van der Waals surface area (Å²) < 4.78 is 0. The molecule has 0 spiro atoms. The molecule has 1 N–H and O–H groups in total. The Morgan fingerprint density at radius 3 is 2.64 bits per heavy atom. The average Bonchev–Trinajstić information content (AvgIpc) is 2.89. The number of hydrogen-bond acceptors (Lipinski definition) is 2. The number of benzene rings is 1. The number of likely N-dealkylation sites (tertiary alicyclic amines) is 1. The average molecular weight is 323 g/mol. The second kappa shape index (κ2) is 8.33. The molecule has 2 heterocycles. The fraction of sp³-hybridized carbons (Fsp3) is 0.684. The summed E-state index contributed by atoms with van der Waals surface area (Å²) in [6.07, 6.45) is 6.69. The van der Waals surface area contributed by atoms with Crippen LogP contribution in [0.3, 0.4) is 0 Å². The lowest BCUT2D eigenvalue weighted by Gasteiger charge is -2.29. The van der Waals surface area contributed by atoms with Crippen molar-refractivity contribution < 1.29 is 0 Å². The van der Waals surface area contributed by atoms with Crippen LogP contribution < -0.4 is 5.32 Å². The second-order valence-electron chi connectivity index (χ2n) is 7.47. The summed E-state index contributed by atoms with van der Waals surface area (Å²) in [5.74, 6) is 0.933. The molecule has 0 aromatic heterocycles. The highest BCUT2D eigenvalue weighted by molar-refractivity contribution is 5.85. The molecule has 0 radical (unpaired) electrons. The van der Waals surface area contributed by atoms with Gasteiger partial charge in [-0.3, -0.25) is 0 Å². The molecule has 2 nitrogen and oxygen atoms in total. The van der Waals surface area contributed by atoms with E-state index in [1.807, 2.05) is 0 Å². The molecule has 0 bridgehead atoms. The van der Waals surface area contributed by atoms with Crippen LogP contribution in [0, 0.1) is 11.3 Å². The first-order chi connectivity index (χ1) is 10.2. The standard InChI is InChI=1S/C19H30N2.ClH/c1-19(10-7-17-5-3-2-4-6-17)11-14-21(16-19)15-18-8-12-20-13-9-18;/h2-6,18,20H,7-16H2,1H3;1H. The lowest BCUT2D eigenvalue weighted by atomic mass is 9.83. The van der Waals surface area contributed by atoms with Gasteiger partial charge in [-0.2, -0.15) is 0 Å². The van der Waals surface area contributed by atoms with E-state index in [1.165, 1.54) is 70.4 Å². The monoisotopic (exact) mass is 322 g/mol. The Kier molecular flexibility index (Phi) is 6.73. The molecular weight excluding hydrogens is 292 g/mol. The van der Waals surface area contributed by atoms with Crippen molar-refractivity contribution in [2.24, 2.45) is 11.3 Å². The molecule has 2 fully saturated rings. The minimum absolute atomic E-state index is 0. The molecule has 2 aliphatic heterocycles. The number of nitrogens with one attached hydrogen (secondary N) is 1. The van der Waals surface area contributed by atoms with Gasteiger partial charge >= 0.3 is 0 Å². The van der Waals surface area contributed by atoms with E-state index in [4.69, 9.17) is 0 Å². The third-order valence-corrected chi connectivity index (χ3v) is 5.47. The molecule has 2 aliphatic rings. The summed E-state index contributed by atoms with van der Waals surface area (Å²) in [6, 6.07) is 11.0. The Labute approximate surface area is 142 Å². The summed E-state index contributed by atoms with van der Waals surface area (Å²) in [4.78, 5) is 2.74. The van der Waals surface area contributed by atoms with E-state index < -0.39 is 0 Å². The predicted octanol–water partition coefficient (Wildman–Crippen LogP) is 3.75. The van der Waals surface area contributed by atoms with Gasteiger partial charge in [0.25, 0.3) is 0 Å². The van der Waals surface area contributed by atoms with E-state index in [0.29, 0.717) is 5.41 Å². The SMILES string of the molecule is CC1(CCc2ccccc2)CCN(CC2CCNCC2)C1.Cl. The summed E-state index contributed by atoms with van der Waals surface area (Å²) in [5.41, 5.74) is 2.03. The second-order valence-corrected chi connectivity index (χ2v) is 7.47. The molecule has 1 aromatic carbocycles. The molecule has 1 unspecified atom stereocenters. The molecule has 3 rings (SSSR count). The smallest absolute Gasteiger partial charge is 0.00360 e. The van der Waals surface area contributed by atoms with E-state index in [0.717, 1.165) is 5.92 Å². The van der Waals surface area contributed by atoms with Gasteiger partial charge in [0.1, 0.15) is 0 Å². The Bertz CT molecular complexity index is 430. The van der Waals surface area contributed by atoms with Crippen LogP contribution in [0.1, 0.15) is 38.2 Å². The van der Waals surface area contributed by atoms with E-state index in [-0.39, 0.29) is 12.4 Å². The highest BCUT2D eigenvalue weighted by atomic mass is 35.5. The number of hydrogen-bond donors (Lipinski definition) is 1. The Hall–Kier alpha value is -0.570. The maximum absolute atomic E-state index is 3.48. The first kappa shape index (κ1) is 17.8. The molecule has 1 aromatic rings. The van der Waals surface area contributed by atoms with Crippen molar-refractivity contribution in [2.45, 2.75) is 39.0 Å². The zero-order chi connectivity index (χ0) is 14.5. The molecule has 22 heavy (non-hydrogen) atoms. The largest absolute Gasteiger partial charge is 0.317 e. The van der Waals surface area contributed by atoms with Gasteiger partial charge in [0.2, 0.25) is 0 Å². The third-order valence-electron chi connectivity index (χ3n) is 5.47. The van der Waals surface area contributed by atoms with E-state index in [2.05, 4.69) is 47.5 Å². The Morgan fingerprint density at radius 2 is 1.91 bits per heavy atom. The lowest BCUT2D eigenvalue weighted by Crippen LogP contribution is -2.36. The molecule has 0 amide bonds. The van der Waals surface area contributed by atoms with Crippen molar-refractivity contribution in [2.75, 3.05) is 32.7 Å². The molecule has 1 atom stereocenters. The number of aryl methyl sites for hydroxylation is 1. The number of rotatable bonds is 5. The van der Waals surface area contributed by atoms with Crippen LogP contribution in [0.25, 0.3) is 0 Å². The summed E-state index contributed by atoms with van der Waals surface area (Å²) in [6.45, 7) is 8.91. The summed E-state index contributed by atoms with van der Waals surface area (Å²) in [5, 5.41) is 3.48. The minimum Gasteiger partial charge on any atom is -0.317 e. The first-order valence-electron chi connectivity index (χ1n) is 8.71. The maximum atomic E-state index is 3.48. The molecule has 124 valence electrons. The normalized spacial score (nSPS) is 26.8. The summed E-state index contributed by atoms with van der Waals surface area (Å²) >= 11 is 0. The predicted molar refractivity (Wildman–Crippen MR) is 96.8 cm³/mol. The van der Waals surface area contributed by atoms with Crippen LogP contribution in [0.2, 0.25) is 0 Å². The van der Waals surface area contributed by atoms with Gasteiger partial charge in [0.15, 0.2) is 0 Å². The first-order valence-corrected chi connectivity index (χ1v) is 8.71. The van der Waals surface area contributed by atoms with Gasteiger partial charge in [-0.05, 0) is 68.6 Å². The van der Waals surface area contributed by atoms with Crippen LogP contribution in [-0.4, -0.2) is 37.6 Å². The molecule has 2 saturated heterocycles. The number of nitrogens with zero attached hydrogens (tertiary/aromatic N) is 1. The van der Waals surface area contributed by atoms with Crippen molar-refractivity contribution in [1.82, 2.24) is 10.2 Å². The van der Waals surface area contributed by atoms with Gasteiger partial charge in [-0.1, -0.05) is 37.3 Å². The van der Waals surface area contributed by atoms with Crippen molar-refractivity contribution in [3.8, 4) is 0 Å². The van der Waals surface area contributed by atoms with Gasteiger partial charge in [0.05, 0.1) is 0 Å². The van der Waals surface area contributed by atoms with Crippen molar-refractivity contribution >= 4 is 12.4 Å². The molecule has 0 saturated carbocycles. The number of piperidine rings is 1. The quantitative estimate of drug-likeness (QED) is 0.888. The minimum atomic E-state index is 0. The zero-order valence-electron chi connectivity index (χ0n) is 13.9. The van der Waals surface area contributed by atoms with Crippen LogP contribution in [0.15, 0.2) is 30.3 Å². The van der Waals surface area contributed by atoms with Gasteiger partial charge in [-0.15, -0.1) is 12.4 Å². The fourth-order valence-electron chi connectivity index (χ4n) is 4.01. The van der Waals surface area contributed by atoms with Crippen molar-refractivity contribution in [1.29, 1.82) is 0 Å². The van der Waals surface area contributed by atoms with Crippen LogP contribution in [0.4, 0.5) is 0 Å². The zero-order valence-corrected chi connectivity index (χ0v) is 14.7. The van der Waals surface area contributed by atoms with Gasteiger partial charge < -0.3 is 10.2 Å². The molecular formula is C19H31ClN2. The highest BCUT2D eigenvalue weighted by Gasteiger charge is 2.34. The fourth-order valence-corrected chi connectivity index (χ4v) is 4.01. The van der Waals surface area contributed by atoms with Crippen LogP contribution >= 0.6 is 12.4 Å². The van der Waals surface area contributed by atoms with E-state index in [9.17, 15) is 0 Å². The number of halogens is 1. The third kappa shape index (κ3) is 4.97. The van der Waals surface area contributed by atoms with Gasteiger partial charge in [-0.25, -0.2) is 0 Å². The van der Waals surface area contributed by atoms with Gasteiger partial charge in [0, 0.05) is 13.1 Å². The van der Waals surface area contributed by atoms with Crippen molar-refractivity contribution in [3.05, 3.63) is 35.9 Å². The Balaban J connectivity index is 0.00000176. The van der Waals surface area contributed by atoms with Crippen molar-refractivity contribution in [3.63, 3.8) is 0 Å². The van der Waals surface area contributed by atoms with Crippen LogP contribution in [-0.2, 0) is 6.42 Å². The molecule has 0 aliphatic carbocycles. The van der Waals surface area contributed by atoms with E-state index >= 15 is 0 Å². The highest BCUT2D eigenvalue weighted by Crippen LogP contribution is 2.35. The van der Waals surface area contributed by atoms with E-state index in [1.54, 1.807) is 0 Å². The lowest BCUT2D eigenvalue weighted by molar-refractivity contribution is 0.211. The Morgan fingerprint density at radius 1 is 1.18 bits per heavy atom. The molecule has 3 heteroatoms.